The van der Waals surface area contributed by atoms with Crippen LogP contribution in [0.25, 0.3) is 0 Å². The van der Waals surface area contributed by atoms with Crippen LogP contribution in [0, 0.1) is 0 Å². The van der Waals surface area contributed by atoms with E-state index >= 15 is 0 Å². The summed E-state index contributed by atoms with van der Waals surface area (Å²) in [7, 11) is -1.50. The number of hydrogen-bond acceptors (Lipinski definition) is 4. The lowest BCUT2D eigenvalue weighted by Gasteiger charge is -2.18. The molecule has 0 amide bonds. The van der Waals surface area contributed by atoms with Crippen LogP contribution >= 0.6 is 0 Å². The highest BCUT2D eigenvalue weighted by Gasteiger charge is 2.09. The first-order valence-corrected chi connectivity index (χ1v) is 9.99. The van der Waals surface area contributed by atoms with Crippen LogP contribution < -0.4 is 10.5 Å². The quantitative estimate of drug-likeness (QED) is 0.673. The van der Waals surface area contributed by atoms with Gasteiger partial charge >= 0.3 is 0 Å². The Morgan fingerprint density at radius 1 is 1.08 bits per heavy atom. The number of sulfonamides is 1. The van der Waals surface area contributed by atoms with E-state index in [1.807, 2.05) is 6.07 Å². The van der Waals surface area contributed by atoms with E-state index in [1.54, 1.807) is 24.3 Å². The minimum absolute atomic E-state index is 0.144. The number of hydrogen-bond donors (Lipinski definition) is 2. The van der Waals surface area contributed by atoms with Crippen molar-refractivity contribution in [1.82, 2.24) is 10.2 Å². The predicted octanol–water partition coefficient (Wildman–Crippen LogP) is 2.51. The largest absolute Gasteiger partial charge is 0.310 e. The summed E-state index contributed by atoms with van der Waals surface area (Å²) >= 11 is 0. The van der Waals surface area contributed by atoms with Crippen LogP contribution in [0.1, 0.15) is 30.5 Å². The van der Waals surface area contributed by atoms with Crippen molar-refractivity contribution in [2.24, 2.45) is 5.14 Å². The average Bonchev–Trinajstić information content (AvgIpc) is 2.59. The predicted molar refractivity (Wildman–Crippen MR) is 102 cm³/mol. The maximum Gasteiger partial charge on any atom is 0.238 e. The van der Waals surface area contributed by atoms with E-state index < -0.39 is 10.0 Å². The molecular weight excluding hydrogens is 334 g/mol. The van der Waals surface area contributed by atoms with Gasteiger partial charge in [0.2, 0.25) is 10.0 Å². The Morgan fingerprint density at radius 2 is 1.72 bits per heavy atom. The molecule has 2 aromatic rings. The average molecular weight is 362 g/mol. The van der Waals surface area contributed by atoms with Gasteiger partial charge in [0, 0.05) is 12.6 Å². The molecule has 0 heterocycles. The monoisotopic (exact) mass is 361 g/mol. The van der Waals surface area contributed by atoms with Gasteiger partial charge < -0.3 is 10.2 Å². The van der Waals surface area contributed by atoms with Gasteiger partial charge in [-0.05, 0) is 56.7 Å². The molecule has 0 aliphatic heterocycles. The zero-order valence-electron chi connectivity index (χ0n) is 14.9. The molecule has 5 nitrogen and oxygen atoms in total. The van der Waals surface area contributed by atoms with Crippen LogP contribution in [0.2, 0.25) is 0 Å². The molecule has 136 valence electrons. The van der Waals surface area contributed by atoms with Crippen LogP contribution in [-0.2, 0) is 16.6 Å². The Kier molecular flexibility index (Phi) is 7.13. The molecule has 1 unspecified atom stereocenters. The van der Waals surface area contributed by atoms with Crippen molar-refractivity contribution in [3.63, 3.8) is 0 Å². The first kappa shape index (κ1) is 19.6. The summed E-state index contributed by atoms with van der Waals surface area (Å²) in [5.74, 6) is 0. The minimum Gasteiger partial charge on any atom is -0.310 e. The summed E-state index contributed by atoms with van der Waals surface area (Å²) in [6.07, 6.45) is 1.04. The van der Waals surface area contributed by atoms with Crippen LogP contribution in [0.3, 0.4) is 0 Å². The van der Waals surface area contributed by atoms with Crippen LogP contribution in [0.15, 0.2) is 59.5 Å². The summed E-state index contributed by atoms with van der Waals surface area (Å²) in [5, 5.41) is 8.59. The highest BCUT2D eigenvalue weighted by molar-refractivity contribution is 7.89. The summed E-state index contributed by atoms with van der Waals surface area (Å²) in [4.78, 5) is 2.45. The third kappa shape index (κ3) is 6.59. The van der Waals surface area contributed by atoms with Gasteiger partial charge in [-0.2, -0.15) is 0 Å². The lowest BCUT2D eigenvalue weighted by atomic mass is 10.1. The zero-order chi connectivity index (χ0) is 18.3. The normalized spacial score (nSPS) is 13.1. The third-order valence-electron chi connectivity index (χ3n) is 4.17. The zero-order valence-corrected chi connectivity index (χ0v) is 15.7. The molecule has 6 heteroatoms. The van der Waals surface area contributed by atoms with Crippen LogP contribution in [-0.4, -0.2) is 33.5 Å². The molecule has 2 rings (SSSR count). The molecule has 1 atom stereocenters. The smallest absolute Gasteiger partial charge is 0.238 e. The van der Waals surface area contributed by atoms with E-state index in [2.05, 4.69) is 48.5 Å². The van der Waals surface area contributed by atoms with Gasteiger partial charge in [0.15, 0.2) is 0 Å². The molecule has 25 heavy (non-hydrogen) atoms. The van der Waals surface area contributed by atoms with E-state index in [0.717, 1.165) is 31.6 Å². The molecule has 0 aliphatic carbocycles. The summed E-state index contributed by atoms with van der Waals surface area (Å²) in [6.45, 7) is 4.93. The Hall–Kier alpha value is -1.73. The molecule has 0 aromatic heterocycles. The fourth-order valence-corrected chi connectivity index (χ4v) is 3.22. The Labute approximate surface area is 150 Å². The highest BCUT2D eigenvalue weighted by Crippen LogP contribution is 2.15. The first-order valence-electron chi connectivity index (χ1n) is 8.45. The van der Waals surface area contributed by atoms with Crippen molar-refractivity contribution in [1.29, 1.82) is 0 Å². The molecule has 2 aromatic carbocycles. The summed E-state index contributed by atoms with van der Waals surface area (Å²) in [5.41, 5.74) is 2.37. The highest BCUT2D eigenvalue weighted by atomic mass is 32.2. The second kappa shape index (κ2) is 9.10. The fraction of sp³-hybridized carbons (Fsp3) is 0.368. The molecule has 0 fully saturated rings. The summed E-state index contributed by atoms with van der Waals surface area (Å²) < 4.78 is 22.6. The Morgan fingerprint density at radius 3 is 2.32 bits per heavy atom. The van der Waals surface area contributed by atoms with E-state index in [1.165, 1.54) is 5.56 Å². The molecule has 0 saturated carbocycles. The molecule has 0 bridgehead atoms. The minimum atomic E-state index is -3.63. The van der Waals surface area contributed by atoms with E-state index in [0.29, 0.717) is 0 Å². The number of nitrogens with two attached hydrogens (primary N) is 1. The molecule has 0 aliphatic rings. The Balaban J connectivity index is 1.72. The number of nitrogens with one attached hydrogen (secondary N) is 1. The molecule has 0 saturated heterocycles. The van der Waals surface area contributed by atoms with Crippen LogP contribution in [0.5, 0.6) is 0 Å². The van der Waals surface area contributed by atoms with Gasteiger partial charge in [-0.25, -0.2) is 13.6 Å². The lowest BCUT2D eigenvalue weighted by molar-refractivity contribution is 0.317. The molecule has 0 radical (unpaired) electrons. The topological polar surface area (TPSA) is 75.4 Å². The second-order valence-electron chi connectivity index (χ2n) is 6.37. The van der Waals surface area contributed by atoms with Crippen molar-refractivity contribution in [2.45, 2.75) is 30.8 Å². The van der Waals surface area contributed by atoms with Gasteiger partial charge in [-0.3, -0.25) is 0 Å². The van der Waals surface area contributed by atoms with Crippen molar-refractivity contribution in [3.05, 3.63) is 65.7 Å². The lowest BCUT2D eigenvalue weighted by Crippen LogP contribution is -2.25. The maximum atomic E-state index is 11.3. The van der Waals surface area contributed by atoms with Crippen LogP contribution in [0.4, 0.5) is 0 Å². The van der Waals surface area contributed by atoms with Gasteiger partial charge in [-0.1, -0.05) is 42.5 Å². The van der Waals surface area contributed by atoms with E-state index in [4.69, 9.17) is 5.14 Å². The molecule has 3 N–H and O–H groups in total. The van der Waals surface area contributed by atoms with Gasteiger partial charge in [-0.15, -0.1) is 0 Å². The van der Waals surface area contributed by atoms with Crippen molar-refractivity contribution >= 4 is 10.0 Å². The standard InChI is InChI=1S/C19H27N3O2S/c1-16(18-9-11-19(12-10-18)25(20,23)24)21-13-6-14-22(2)15-17-7-4-3-5-8-17/h3-5,7-12,16,21H,6,13-15H2,1-2H3,(H2,20,23,24). The van der Waals surface area contributed by atoms with Crippen molar-refractivity contribution < 1.29 is 8.42 Å². The fourth-order valence-electron chi connectivity index (χ4n) is 2.71. The Bertz CT molecular complexity index is 746. The van der Waals surface area contributed by atoms with Gasteiger partial charge in [0.05, 0.1) is 4.90 Å². The number of primary sulfonamides is 1. The van der Waals surface area contributed by atoms with Gasteiger partial charge in [0.25, 0.3) is 0 Å². The number of benzene rings is 2. The number of nitrogens with zero attached hydrogens (tertiary/aromatic N) is 1. The van der Waals surface area contributed by atoms with E-state index in [-0.39, 0.29) is 10.9 Å². The van der Waals surface area contributed by atoms with E-state index in [9.17, 15) is 8.42 Å². The van der Waals surface area contributed by atoms with Gasteiger partial charge in [0.1, 0.15) is 0 Å². The second-order valence-corrected chi connectivity index (χ2v) is 7.93. The summed E-state index contributed by atoms with van der Waals surface area (Å²) in [6, 6.07) is 17.3. The SMILES string of the molecule is CC(NCCCN(C)Cc1ccccc1)c1ccc(S(N)(=O)=O)cc1. The number of rotatable bonds is 9. The molecular formula is C19H27N3O2S. The van der Waals surface area contributed by atoms with Crippen molar-refractivity contribution in [2.75, 3.05) is 20.1 Å². The maximum absolute atomic E-state index is 11.3. The molecule has 0 spiro atoms. The van der Waals surface area contributed by atoms with Crippen molar-refractivity contribution in [3.8, 4) is 0 Å². The first-order chi connectivity index (χ1) is 11.9. The third-order valence-corrected chi connectivity index (χ3v) is 5.10.